The van der Waals surface area contributed by atoms with E-state index in [2.05, 4.69) is 16.0 Å². The SMILES string of the molecule is CCC(C)C(NC(=O)C(CC(C)C)NC(=O)C(N)CCC(N)=O)C(=O)NC(C(=O)O)C(C)C. The predicted octanol–water partition coefficient (Wildman–Crippen LogP) is -0.134. The largest absolute Gasteiger partial charge is 0.480 e. The number of aliphatic carboxylic acids is 1. The first kappa shape index (κ1) is 30.3. The number of hydrogen-bond acceptors (Lipinski definition) is 6. The van der Waals surface area contributed by atoms with Gasteiger partial charge in [0.2, 0.25) is 23.6 Å². The Kier molecular flexibility index (Phi) is 13.3. The fourth-order valence-corrected chi connectivity index (χ4v) is 3.12. The Hall–Kier alpha value is -2.69. The van der Waals surface area contributed by atoms with E-state index in [4.69, 9.17) is 11.5 Å². The number of carbonyl (C=O) groups is 5. The van der Waals surface area contributed by atoms with Gasteiger partial charge in [0.25, 0.3) is 0 Å². The predicted molar refractivity (Wildman–Crippen MR) is 124 cm³/mol. The van der Waals surface area contributed by atoms with Crippen molar-refractivity contribution in [2.24, 2.45) is 29.2 Å². The van der Waals surface area contributed by atoms with Crippen LogP contribution in [0.25, 0.3) is 0 Å². The first-order valence-corrected chi connectivity index (χ1v) is 11.4. The van der Waals surface area contributed by atoms with Crippen molar-refractivity contribution in [1.82, 2.24) is 16.0 Å². The Morgan fingerprint density at radius 3 is 1.82 bits per heavy atom. The molecule has 0 bridgehead atoms. The van der Waals surface area contributed by atoms with E-state index in [9.17, 15) is 29.1 Å². The molecule has 0 aromatic carbocycles. The van der Waals surface area contributed by atoms with Crippen LogP contribution in [0.4, 0.5) is 0 Å². The van der Waals surface area contributed by atoms with E-state index in [1.165, 1.54) is 0 Å². The highest BCUT2D eigenvalue weighted by atomic mass is 16.4. The summed E-state index contributed by atoms with van der Waals surface area (Å²) in [6, 6.07) is -4.07. The zero-order valence-electron chi connectivity index (χ0n) is 20.5. The highest BCUT2D eigenvalue weighted by Gasteiger charge is 2.33. The summed E-state index contributed by atoms with van der Waals surface area (Å²) >= 11 is 0. The van der Waals surface area contributed by atoms with E-state index in [0.29, 0.717) is 12.8 Å². The van der Waals surface area contributed by atoms with Crippen molar-refractivity contribution in [1.29, 1.82) is 0 Å². The second-order valence-corrected chi connectivity index (χ2v) is 9.24. The van der Waals surface area contributed by atoms with E-state index >= 15 is 0 Å². The molecule has 0 rings (SSSR count). The quantitative estimate of drug-likeness (QED) is 0.191. The zero-order chi connectivity index (χ0) is 25.9. The van der Waals surface area contributed by atoms with Crippen LogP contribution in [-0.2, 0) is 24.0 Å². The first-order valence-electron chi connectivity index (χ1n) is 11.4. The highest BCUT2D eigenvalue weighted by molar-refractivity contribution is 5.94. The second-order valence-electron chi connectivity index (χ2n) is 9.24. The maximum Gasteiger partial charge on any atom is 0.326 e. The normalized spacial score (nSPS) is 15.8. The molecule has 190 valence electrons. The van der Waals surface area contributed by atoms with E-state index in [-0.39, 0.29) is 30.6 Å². The molecule has 0 radical (unpaired) electrons. The number of amides is 4. The maximum absolute atomic E-state index is 13.1. The molecule has 0 aliphatic heterocycles. The lowest BCUT2D eigenvalue weighted by atomic mass is 9.95. The van der Waals surface area contributed by atoms with E-state index in [1.54, 1.807) is 20.8 Å². The average molecular weight is 472 g/mol. The topological polar surface area (TPSA) is 194 Å². The van der Waals surface area contributed by atoms with Crippen molar-refractivity contribution in [2.75, 3.05) is 0 Å². The second kappa shape index (κ2) is 14.5. The molecule has 0 fully saturated rings. The lowest BCUT2D eigenvalue weighted by Crippen LogP contribution is -2.59. The van der Waals surface area contributed by atoms with Gasteiger partial charge in [0, 0.05) is 6.42 Å². The molecule has 11 nitrogen and oxygen atoms in total. The molecule has 33 heavy (non-hydrogen) atoms. The lowest BCUT2D eigenvalue weighted by Gasteiger charge is -2.29. The first-order chi connectivity index (χ1) is 15.2. The third kappa shape index (κ3) is 11.1. The van der Waals surface area contributed by atoms with E-state index in [1.807, 2.05) is 20.8 Å². The van der Waals surface area contributed by atoms with E-state index < -0.39 is 53.8 Å². The molecule has 0 saturated carbocycles. The van der Waals surface area contributed by atoms with Gasteiger partial charge in [-0.3, -0.25) is 19.2 Å². The molecule has 0 aromatic rings. The summed E-state index contributed by atoms with van der Waals surface area (Å²) in [5.41, 5.74) is 10.9. The lowest BCUT2D eigenvalue weighted by molar-refractivity contribution is -0.144. The van der Waals surface area contributed by atoms with Crippen LogP contribution in [0.5, 0.6) is 0 Å². The highest BCUT2D eigenvalue weighted by Crippen LogP contribution is 2.12. The van der Waals surface area contributed by atoms with E-state index in [0.717, 1.165) is 0 Å². The molecule has 0 aliphatic rings. The molecule has 4 amide bonds. The Morgan fingerprint density at radius 2 is 1.39 bits per heavy atom. The molecular formula is C22H41N5O6. The third-order valence-corrected chi connectivity index (χ3v) is 5.40. The smallest absolute Gasteiger partial charge is 0.326 e. The number of carbonyl (C=O) groups excluding carboxylic acids is 4. The monoisotopic (exact) mass is 471 g/mol. The summed E-state index contributed by atoms with van der Waals surface area (Å²) in [6.07, 6.45) is 0.822. The fourth-order valence-electron chi connectivity index (χ4n) is 3.12. The van der Waals surface area contributed by atoms with Crippen molar-refractivity contribution in [3.05, 3.63) is 0 Å². The summed E-state index contributed by atoms with van der Waals surface area (Å²) in [6.45, 7) is 10.7. The minimum Gasteiger partial charge on any atom is -0.480 e. The summed E-state index contributed by atoms with van der Waals surface area (Å²) in [4.78, 5) is 60.8. The van der Waals surface area contributed by atoms with Gasteiger partial charge in [0.1, 0.15) is 18.1 Å². The van der Waals surface area contributed by atoms with Gasteiger partial charge in [-0.05, 0) is 30.6 Å². The Labute approximate surface area is 195 Å². The van der Waals surface area contributed by atoms with Gasteiger partial charge in [0.15, 0.2) is 0 Å². The van der Waals surface area contributed by atoms with Gasteiger partial charge in [0.05, 0.1) is 6.04 Å². The summed E-state index contributed by atoms with van der Waals surface area (Å²) < 4.78 is 0. The van der Waals surface area contributed by atoms with Crippen LogP contribution in [0.15, 0.2) is 0 Å². The number of nitrogens with one attached hydrogen (secondary N) is 3. The minimum atomic E-state index is -1.16. The molecule has 11 heteroatoms. The van der Waals surface area contributed by atoms with Crippen LogP contribution in [0, 0.1) is 17.8 Å². The molecule has 5 unspecified atom stereocenters. The Bertz CT molecular complexity index is 697. The third-order valence-electron chi connectivity index (χ3n) is 5.40. The number of rotatable bonds is 15. The van der Waals surface area contributed by atoms with Crippen molar-refractivity contribution in [2.45, 2.75) is 91.4 Å². The van der Waals surface area contributed by atoms with Gasteiger partial charge in [-0.2, -0.15) is 0 Å². The molecule has 5 atom stereocenters. The summed E-state index contributed by atoms with van der Waals surface area (Å²) in [5, 5.41) is 17.1. The van der Waals surface area contributed by atoms with Crippen LogP contribution in [0.2, 0.25) is 0 Å². The zero-order valence-corrected chi connectivity index (χ0v) is 20.5. The molecule has 0 aromatic heterocycles. The van der Waals surface area contributed by atoms with Gasteiger partial charge in [-0.1, -0.05) is 48.0 Å². The Morgan fingerprint density at radius 1 is 0.848 bits per heavy atom. The Balaban J connectivity index is 5.52. The van der Waals surface area contributed by atoms with Crippen molar-refractivity contribution in [3.8, 4) is 0 Å². The summed E-state index contributed by atoms with van der Waals surface area (Å²) in [5.74, 6) is -4.13. The number of carboxylic acids is 1. The van der Waals surface area contributed by atoms with Crippen LogP contribution in [-0.4, -0.2) is 58.9 Å². The fraction of sp³-hybridized carbons (Fsp3) is 0.773. The number of primary amides is 1. The molecule has 0 aliphatic carbocycles. The number of carboxylic acid groups (broad SMARTS) is 1. The standard InChI is InChI=1S/C22H41N5O6/c1-7-13(6)18(21(31)26-17(12(4)5)22(32)33)27-20(30)15(10-11(2)3)25-19(29)14(23)8-9-16(24)28/h11-15,17-18H,7-10,23H2,1-6H3,(H2,24,28)(H,25,29)(H,26,31)(H,27,30)(H,32,33). The van der Waals surface area contributed by atoms with Gasteiger partial charge >= 0.3 is 5.97 Å². The molecule has 0 saturated heterocycles. The molecule has 0 heterocycles. The average Bonchev–Trinajstić information content (AvgIpc) is 2.71. The van der Waals surface area contributed by atoms with Crippen molar-refractivity contribution in [3.63, 3.8) is 0 Å². The van der Waals surface area contributed by atoms with Gasteiger partial charge in [-0.15, -0.1) is 0 Å². The van der Waals surface area contributed by atoms with Crippen LogP contribution in [0.1, 0.15) is 67.2 Å². The maximum atomic E-state index is 13.1. The number of hydrogen-bond donors (Lipinski definition) is 6. The van der Waals surface area contributed by atoms with Crippen LogP contribution < -0.4 is 27.4 Å². The van der Waals surface area contributed by atoms with Gasteiger partial charge < -0.3 is 32.5 Å². The molecule has 8 N–H and O–H groups in total. The van der Waals surface area contributed by atoms with Crippen molar-refractivity contribution >= 4 is 29.6 Å². The molecule has 0 spiro atoms. The van der Waals surface area contributed by atoms with Crippen LogP contribution in [0.3, 0.4) is 0 Å². The van der Waals surface area contributed by atoms with Gasteiger partial charge in [-0.25, -0.2) is 4.79 Å². The summed E-state index contributed by atoms with van der Waals surface area (Å²) in [7, 11) is 0. The minimum absolute atomic E-state index is 0.0381. The molecular weight excluding hydrogens is 430 g/mol. The van der Waals surface area contributed by atoms with Crippen molar-refractivity contribution < 1.29 is 29.1 Å². The van der Waals surface area contributed by atoms with Crippen LogP contribution >= 0.6 is 0 Å². The number of nitrogens with two attached hydrogens (primary N) is 2.